The minimum absolute atomic E-state index is 0.0372. The molecule has 1 saturated heterocycles. The molecule has 0 spiro atoms. The van der Waals surface area contributed by atoms with E-state index in [2.05, 4.69) is 15.9 Å². The summed E-state index contributed by atoms with van der Waals surface area (Å²) in [5, 5.41) is 0. The third kappa shape index (κ3) is 2.77. The van der Waals surface area contributed by atoms with Crippen molar-refractivity contribution in [1.82, 2.24) is 4.90 Å². The Labute approximate surface area is 113 Å². The lowest BCUT2D eigenvalue weighted by Crippen LogP contribution is -2.43. The summed E-state index contributed by atoms with van der Waals surface area (Å²) in [5.41, 5.74) is -0.331. The van der Waals surface area contributed by atoms with Gasteiger partial charge in [0.05, 0.1) is 16.8 Å². The van der Waals surface area contributed by atoms with Gasteiger partial charge < -0.3 is 4.90 Å². The fourth-order valence-corrected chi connectivity index (χ4v) is 3.62. The fourth-order valence-electron chi connectivity index (χ4n) is 2.14. The van der Waals surface area contributed by atoms with Gasteiger partial charge in [-0.1, -0.05) is 0 Å². The van der Waals surface area contributed by atoms with Gasteiger partial charge in [0.1, 0.15) is 0 Å². The molecule has 0 unspecified atom stereocenters. The third-order valence-corrected chi connectivity index (χ3v) is 4.57. The second-order valence-corrected chi connectivity index (χ2v) is 7.44. The molecule has 17 heavy (non-hydrogen) atoms. The van der Waals surface area contributed by atoms with Gasteiger partial charge in [-0.05, 0) is 41.9 Å². The van der Waals surface area contributed by atoms with E-state index in [0.29, 0.717) is 12.8 Å². The Hall–Kier alpha value is -0.680. The second-order valence-electron chi connectivity index (χ2n) is 4.89. The van der Waals surface area contributed by atoms with E-state index in [9.17, 15) is 9.59 Å². The van der Waals surface area contributed by atoms with E-state index in [1.807, 2.05) is 26.0 Å². The van der Waals surface area contributed by atoms with Gasteiger partial charge in [0.15, 0.2) is 5.78 Å². The quantitative estimate of drug-likeness (QED) is 0.841. The first-order valence-corrected chi connectivity index (χ1v) is 7.06. The van der Waals surface area contributed by atoms with Crippen molar-refractivity contribution < 1.29 is 9.59 Å². The van der Waals surface area contributed by atoms with E-state index >= 15 is 0 Å². The van der Waals surface area contributed by atoms with Gasteiger partial charge in [-0.2, -0.15) is 0 Å². The summed E-state index contributed by atoms with van der Waals surface area (Å²) < 4.78 is 1.03. The van der Waals surface area contributed by atoms with Crippen LogP contribution in [0.3, 0.4) is 0 Å². The van der Waals surface area contributed by atoms with Gasteiger partial charge in [0, 0.05) is 16.8 Å². The number of carbonyl (C=O) groups is 2. The van der Waals surface area contributed by atoms with Crippen molar-refractivity contribution in [2.75, 3.05) is 6.54 Å². The Morgan fingerprint density at radius 1 is 1.53 bits per heavy atom. The predicted octanol–water partition coefficient (Wildman–Crippen LogP) is 2.63. The number of thiophene rings is 1. The van der Waals surface area contributed by atoms with Gasteiger partial charge >= 0.3 is 0 Å². The van der Waals surface area contributed by atoms with E-state index in [4.69, 9.17) is 0 Å². The van der Waals surface area contributed by atoms with Crippen LogP contribution in [-0.4, -0.2) is 28.7 Å². The molecule has 3 nitrogen and oxygen atoms in total. The third-order valence-electron chi connectivity index (χ3n) is 2.95. The van der Waals surface area contributed by atoms with E-state index in [0.717, 1.165) is 8.66 Å². The zero-order valence-corrected chi connectivity index (χ0v) is 12.2. The maximum atomic E-state index is 12.2. The van der Waals surface area contributed by atoms with Gasteiger partial charge in [0.25, 0.3) is 0 Å². The zero-order chi connectivity index (χ0) is 12.6. The Kier molecular flexibility index (Phi) is 3.41. The molecule has 0 N–H and O–H groups in total. The van der Waals surface area contributed by atoms with Crippen molar-refractivity contribution in [3.05, 3.63) is 20.8 Å². The molecule has 1 aromatic heterocycles. The number of halogens is 1. The highest BCUT2D eigenvalue weighted by Crippen LogP contribution is 2.28. The molecule has 2 heterocycles. The molecule has 0 aromatic carbocycles. The SMILES string of the molecule is CC1(C)CC(=O)CN1C(=O)Cc1ccc(Br)s1. The number of rotatable bonds is 2. The molecule has 5 heteroatoms. The van der Waals surface area contributed by atoms with Crippen molar-refractivity contribution in [1.29, 1.82) is 0 Å². The fraction of sp³-hybridized carbons (Fsp3) is 0.500. The van der Waals surface area contributed by atoms with Crippen LogP contribution >= 0.6 is 27.3 Å². The predicted molar refractivity (Wildman–Crippen MR) is 71.1 cm³/mol. The van der Waals surface area contributed by atoms with E-state index in [1.54, 1.807) is 16.2 Å². The summed E-state index contributed by atoms with van der Waals surface area (Å²) >= 11 is 4.94. The van der Waals surface area contributed by atoms with Gasteiger partial charge in [-0.25, -0.2) is 0 Å². The Morgan fingerprint density at radius 2 is 2.24 bits per heavy atom. The first-order chi connectivity index (χ1) is 7.88. The molecule has 0 aliphatic carbocycles. The van der Waals surface area contributed by atoms with Crippen molar-refractivity contribution in [2.24, 2.45) is 0 Å². The average molecular weight is 316 g/mol. The van der Waals surface area contributed by atoms with Crippen LogP contribution in [0.1, 0.15) is 25.1 Å². The lowest BCUT2D eigenvalue weighted by atomic mass is 10.0. The second kappa shape index (κ2) is 4.53. The van der Waals surface area contributed by atoms with Crippen LogP contribution in [0, 0.1) is 0 Å². The molecule has 0 radical (unpaired) electrons. The van der Waals surface area contributed by atoms with Crippen molar-refractivity contribution in [2.45, 2.75) is 32.2 Å². The highest BCUT2D eigenvalue weighted by molar-refractivity contribution is 9.11. The average Bonchev–Trinajstić information content (AvgIpc) is 2.69. The lowest BCUT2D eigenvalue weighted by Gasteiger charge is -2.30. The van der Waals surface area contributed by atoms with Crippen LogP contribution in [0.25, 0.3) is 0 Å². The summed E-state index contributed by atoms with van der Waals surface area (Å²) in [6.45, 7) is 4.15. The number of nitrogens with zero attached hydrogens (tertiary/aromatic N) is 1. The summed E-state index contributed by atoms with van der Waals surface area (Å²) in [6.07, 6.45) is 0.847. The van der Waals surface area contributed by atoms with E-state index in [1.165, 1.54) is 0 Å². The van der Waals surface area contributed by atoms with Gasteiger partial charge in [0.2, 0.25) is 5.91 Å². The summed E-state index contributed by atoms with van der Waals surface area (Å²) in [6, 6.07) is 3.88. The zero-order valence-electron chi connectivity index (χ0n) is 9.83. The molecule has 1 aliphatic rings. The van der Waals surface area contributed by atoms with Crippen LogP contribution in [-0.2, 0) is 16.0 Å². The smallest absolute Gasteiger partial charge is 0.228 e. The van der Waals surface area contributed by atoms with Crippen LogP contribution in [0.5, 0.6) is 0 Å². The van der Waals surface area contributed by atoms with Crippen LogP contribution in [0.4, 0.5) is 0 Å². The standard InChI is InChI=1S/C12H14BrNO2S/c1-12(2)6-8(15)7-14(12)11(16)5-9-3-4-10(13)17-9/h3-4H,5-7H2,1-2H3. The number of Topliss-reactive ketones (excluding diaryl/α,β-unsaturated/α-hetero) is 1. The normalized spacial score (nSPS) is 18.8. The Morgan fingerprint density at radius 3 is 2.71 bits per heavy atom. The molecule has 0 saturated carbocycles. The topological polar surface area (TPSA) is 37.4 Å². The maximum Gasteiger partial charge on any atom is 0.228 e. The number of likely N-dealkylation sites (tertiary alicyclic amines) is 1. The molecule has 2 rings (SSSR count). The number of ketones is 1. The van der Waals surface area contributed by atoms with Crippen molar-refractivity contribution >= 4 is 39.0 Å². The molecule has 0 bridgehead atoms. The summed E-state index contributed by atoms with van der Waals surface area (Å²) in [4.78, 5) is 26.3. The van der Waals surface area contributed by atoms with Crippen LogP contribution < -0.4 is 0 Å². The molecule has 92 valence electrons. The number of carbonyl (C=O) groups excluding carboxylic acids is 2. The van der Waals surface area contributed by atoms with Gasteiger partial charge in [-0.3, -0.25) is 9.59 Å². The molecule has 1 fully saturated rings. The molecule has 0 atom stereocenters. The van der Waals surface area contributed by atoms with E-state index in [-0.39, 0.29) is 23.8 Å². The Balaban J connectivity index is 2.08. The van der Waals surface area contributed by atoms with Crippen LogP contribution in [0.2, 0.25) is 0 Å². The number of hydrogen-bond donors (Lipinski definition) is 0. The monoisotopic (exact) mass is 315 g/mol. The van der Waals surface area contributed by atoms with Gasteiger partial charge in [-0.15, -0.1) is 11.3 Å². The highest BCUT2D eigenvalue weighted by atomic mass is 79.9. The van der Waals surface area contributed by atoms with Crippen molar-refractivity contribution in [3.63, 3.8) is 0 Å². The molecule has 1 aromatic rings. The minimum Gasteiger partial charge on any atom is -0.329 e. The summed E-state index contributed by atoms with van der Waals surface area (Å²) in [7, 11) is 0. The maximum absolute atomic E-state index is 12.2. The summed E-state index contributed by atoms with van der Waals surface area (Å²) in [5.74, 6) is 0.186. The van der Waals surface area contributed by atoms with Crippen LogP contribution in [0.15, 0.2) is 15.9 Å². The van der Waals surface area contributed by atoms with Crippen molar-refractivity contribution in [3.8, 4) is 0 Å². The lowest BCUT2D eigenvalue weighted by molar-refractivity contribution is -0.134. The number of amides is 1. The molecule has 1 amide bonds. The largest absolute Gasteiger partial charge is 0.329 e. The minimum atomic E-state index is -0.331. The molecular weight excluding hydrogens is 302 g/mol. The first kappa shape index (κ1) is 12.8. The Bertz CT molecular complexity index is 467. The first-order valence-electron chi connectivity index (χ1n) is 5.45. The molecule has 1 aliphatic heterocycles. The highest BCUT2D eigenvalue weighted by Gasteiger charge is 2.40. The molecular formula is C12H14BrNO2S. The van der Waals surface area contributed by atoms with E-state index < -0.39 is 0 Å². The number of hydrogen-bond acceptors (Lipinski definition) is 3.